The van der Waals surface area contributed by atoms with E-state index in [1.165, 1.54) is 9.80 Å². The first-order valence-corrected chi connectivity index (χ1v) is 7.02. The second-order valence-electron chi connectivity index (χ2n) is 4.42. The smallest absolute Gasteiger partial charge is 0.0973 e. The molecule has 0 atom stereocenters. The summed E-state index contributed by atoms with van der Waals surface area (Å²) in [5, 5.41) is 0. The van der Waals surface area contributed by atoms with Crippen LogP contribution in [0.5, 0.6) is 0 Å². The SMILES string of the molecule is CC1=C(C)Sc2ccccc2C(c2ccccn2)=N1. The fourth-order valence-electron chi connectivity index (χ4n) is 1.99. The highest BCUT2D eigenvalue weighted by molar-refractivity contribution is 8.03. The minimum atomic E-state index is 0.921. The second kappa shape index (κ2) is 5.02. The van der Waals surface area contributed by atoms with Gasteiger partial charge in [0.1, 0.15) is 0 Å². The Morgan fingerprint density at radius 2 is 1.74 bits per heavy atom. The highest BCUT2D eigenvalue weighted by atomic mass is 32.2. The third-order valence-corrected chi connectivity index (χ3v) is 4.28. The fourth-order valence-corrected chi connectivity index (χ4v) is 2.94. The van der Waals surface area contributed by atoms with Gasteiger partial charge >= 0.3 is 0 Å². The molecule has 0 amide bonds. The molecule has 94 valence electrons. The fraction of sp³-hybridized carbons (Fsp3) is 0.125. The van der Waals surface area contributed by atoms with E-state index in [-0.39, 0.29) is 0 Å². The van der Waals surface area contributed by atoms with Crippen LogP contribution in [-0.4, -0.2) is 10.7 Å². The van der Waals surface area contributed by atoms with Crippen molar-refractivity contribution in [3.05, 3.63) is 70.5 Å². The molecule has 0 saturated carbocycles. The van der Waals surface area contributed by atoms with Crippen LogP contribution in [0.2, 0.25) is 0 Å². The summed E-state index contributed by atoms with van der Waals surface area (Å²) in [6.07, 6.45) is 1.81. The number of aliphatic imine (C=N–C) groups is 1. The minimum absolute atomic E-state index is 0.921. The summed E-state index contributed by atoms with van der Waals surface area (Å²) in [4.78, 5) is 11.7. The van der Waals surface area contributed by atoms with E-state index in [0.717, 1.165) is 22.7 Å². The van der Waals surface area contributed by atoms with Crippen LogP contribution in [-0.2, 0) is 0 Å². The lowest BCUT2D eigenvalue weighted by Gasteiger charge is -2.08. The number of pyridine rings is 1. The molecule has 0 radical (unpaired) electrons. The number of hydrogen-bond acceptors (Lipinski definition) is 3. The van der Waals surface area contributed by atoms with Crippen LogP contribution in [0.15, 0.2) is 69.2 Å². The van der Waals surface area contributed by atoms with Crippen LogP contribution >= 0.6 is 11.8 Å². The summed E-state index contributed by atoms with van der Waals surface area (Å²) >= 11 is 1.78. The normalized spacial score (nSPS) is 14.7. The van der Waals surface area contributed by atoms with Gasteiger partial charge in [0, 0.05) is 27.3 Å². The van der Waals surface area contributed by atoms with E-state index >= 15 is 0 Å². The van der Waals surface area contributed by atoms with Gasteiger partial charge in [-0.2, -0.15) is 0 Å². The Labute approximate surface area is 117 Å². The maximum Gasteiger partial charge on any atom is 0.0973 e. The van der Waals surface area contributed by atoms with Gasteiger partial charge in [0.15, 0.2) is 0 Å². The lowest BCUT2D eigenvalue weighted by atomic mass is 10.1. The van der Waals surface area contributed by atoms with Gasteiger partial charge in [0.25, 0.3) is 0 Å². The Balaban J connectivity index is 2.24. The zero-order chi connectivity index (χ0) is 13.2. The van der Waals surface area contributed by atoms with E-state index in [2.05, 4.69) is 37.0 Å². The number of allylic oxidation sites excluding steroid dienone is 2. The van der Waals surface area contributed by atoms with Gasteiger partial charge in [-0.15, -0.1) is 0 Å². The van der Waals surface area contributed by atoms with Crippen LogP contribution in [0.3, 0.4) is 0 Å². The number of hydrogen-bond donors (Lipinski definition) is 0. The van der Waals surface area contributed by atoms with Gasteiger partial charge in [-0.1, -0.05) is 36.0 Å². The zero-order valence-electron chi connectivity index (χ0n) is 10.9. The molecule has 1 aliphatic heterocycles. The Morgan fingerprint density at radius 3 is 2.53 bits per heavy atom. The summed E-state index contributed by atoms with van der Waals surface area (Å²) in [6.45, 7) is 4.17. The van der Waals surface area contributed by atoms with Crippen molar-refractivity contribution >= 4 is 17.5 Å². The van der Waals surface area contributed by atoms with Crippen molar-refractivity contribution in [1.82, 2.24) is 4.98 Å². The highest BCUT2D eigenvalue weighted by Crippen LogP contribution is 2.35. The molecular formula is C16H14N2S. The molecule has 2 aromatic rings. The van der Waals surface area contributed by atoms with Gasteiger partial charge in [-0.3, -0.25) is 4.98 Å². The van der Waals surface area contributed by atoms with Crippen molar-refractivity contribution < 1.29 is 0 Å². The van der Waals surface area contributed by atoms with Crippen molar-refractivity contribution in [3.8, 4) is 0 Å². The molecule has 0 fully saturated rings. The van der Waals surface area contributed by atoms with Gasteiger partial charge in [0.05, 0.1) is 11.4 Å². The molecule has 1 aliphatic rings. The first-order valence-electron chi connectivity index (χ1n) is 6.20. The van der Waals surface area contributed by atoms with Crippen LogP contribution < -0.4 is 0 Å². The Morgan fingerprint density at radius 1 is 0.947 bits per heavy atom. The third-order valence-electron chi connectivity index (χ3n) is 3.10. The maximum absolute atomic E-state index is 4.78. The Kier molecular flexibility index (Phi) is 3.22. The molecule has 1 aromatic heterocycles. The average molecular weight is 266 g/mol. The van der Waals surface area contributed by atoms with E-state index < -0.39 is 0 Å². The van der Waals surface area contributed by atoms with E-state index in [1.807, 2.05) is 30.5 Å². The van der Waals surface area contributed by atoms with E-state index in [0.29, 0.717) is 0 Å². The second-order valence-corrected chi connectivity index (χ2v) is 5.67. The van der Waals surface area contributed by atoms with Crippen LogP contribution in [0.25, 0.3) is 0 Å². The van der Waals surface area contributed by atoms with Crippen molar-refractivity contribution in [2.45, 2.75) is 18.7 Å². The molecule has 0 unspecified atom stereocenters. The summed E-state index contributed by atoms with van der Waals surface area (Å²) in [7, 11) is 0. The van der Waals surface area contributed by atoms with E-state index in [4.69, 9.17) is 4.99 Å². The molecule has 0 aliphatic carbocycles. The standard InChI is InChI=1S/C16H14N2S/c1-11-12(2)19-15-9-4-3-7-13(15)16(18-11)14-8-5-6-10-17-14/h3-10H,1-2H3. The molecule has 1 aromatic carbocycles. The molecular weight excluding hydrogens is 252 g/mol. The Bertz CT molecular complexity index is 672. The van der Waals surface area contributed by atoms with Gasteiger partial charge in [-0.05, 0) is 32.0 Å². The third kappa shape index (κ3) is 2.34. The van der Waals surface area contributed by atoms with Crippen LogP contribution in [0.4, 0.5) is 0 Å². The van der Waals surface area contributed by atoms with Crippen molar-refractivity contribution in [1.29, 1.82) is 0 Å². The molecule has 2 heterocycles. The van der Waals surface area contributed by atoms with Gasteiger partial charge < -0.3 is 0 Å². The van der Waals surface area contributed by atoms with E-state index in [1.54, 1.807) is 11.8 Å². The number of rotatable bonds is 1. The quantitative estimate of drug-likeness (QED) is 0.770. The molecule has 0 N–H and O–H groups in total. The zero-order valence-corrected chi connectivity index (χ0v) is 11.7. The van der Waals surface area contributed by atoms with Gasteiger partial charge in [-0.25, -0.2) is 4.99 Å². The number of fused-ring (bicyclic) bond motifs is 1. The molecule has 3 heteroatoms. The highest BCUT2D eigenvalue weighted by Gasteiger charge is 2.17. The lowest BCUT2D eigenvalue weighted by molar-refractivity contribution is 1.23. The molecule has 2 nitrogen and oxygen atoms in total. The minimum Gasteiger partial charge on any atom is -0.255 e. The molecule has 0 saturated heterocycles. The monoisotopic (exact) mass is 266 g/mol. The van der Waals surface area contributed by atoms with Crippen LogP contribution in [0.1, 0.15) is 25.1 Å². The molecule has 0 bridgehead atoms. The molecule has 0 spiro atoms. The van der Waals surface area contributed by atoms with E-state index in [9.17, 15) is 0 Å². The largest absolute Gasteiger partial charge is 0.255 e. The molecule has 3 rings (SSSR count). The van der Waals surface area contributed by atoms with Gasteiger partial charge in [0.2, 0.25) is 0 Å². The Hall–Kier alpha value is -1.87. The first-order chi connectivity index (χ1) is 9.25. The predicted octanol–water partition coefficient (Wildman–Crippen LogP) is 4.28. The summed E-state index contributed by atoms with van der Waals surface area (Å²) in [6, 6.07) is 14.3. The average Bonchev–Trinajstić information content (AvgIpc) is 2.58. The van der Waals surface area contributed by atoms with Crippen molar-refractivity contribution in [2.24, 2.45) is 4.99 Å². The summed E-state index contributed by atoms with van der Waals surface area (Å²) < 4.78 is 0. The van der Waals surface area contributed by atoms with Crippen LogP contribution in [0, 0.1) is 0 Å². The molecule has 19 heavy (non-hydrogen) atoms. The summed E-state index contributed by atoms with van der Waals surface area (Å²) in [5.41, 5.74) is 4.09. The number of thioether (sulfide) groups is 1. The summed E-state index contributed by atoms with van der Waals surface area (Å²) in [5.74, 6) is 0. The maximum atomic E-state index is 4.78. The number of nitrogens with zero attached hydrogens (tertiary/aromatic N) is 2. The van der Waals surface area contributed by atoms with Crippen molar-refractivity contribution in [3.63, 3.8) is 0 Å². The predicted molar refractivity (Wildman–Crippen MR) is 80.5 cm³/mol. The number of aromatic nitrogens is 1. The van der Waals surface area contributed by atoms with Crippen molar-refractivity contribution in [2.75, 3.05) is 0 Å². The topological polar surface area (TPSA) is 25.2 Å². The first kappa shape index (κ1) is 12.2. The number of benzene rings is 1. The lowest BCUT2D eigenvalue weighted by Crippen LogP contribution is -2.06.